The highest BCUT2D eigenvalue weighted by molar-refractivity contribution is 5.97. The van der Waals surface area contributed by atoms with Gasteiger partial charge in [-0.3, -0.25) is 0 Å². The van der Waals surface area contributed by atoms with Crippen LogP contribution in [-0.2, 0) is 5.41 Å². The molecule has 0 aliphatic carbocycles. The van der Waals surface area contributed by atoms with Crippen LogP contribution in [0.1, 0.15) is 31.9 Å². The van der Waals surface area contributed by atoms with Gasteiger partial charge in [0.1, 0.15) is 0 Å². The Morgan fingerprint density at radius 3 is 2.27 bits per heavy atom. The molecule has 0 bridgehead atoms. The van der Waals surface area contributed by atoms with E-state index >= 15 is 0 Å². The molecule has 3 rings (SSSR count). The summed E-state index contributed by atoms with van der Waals surface area (Å²) in [6.45, 7) is 6.50. The Morgan fingerprint density at radius 1 is 0.818 bits per heavy atom. The Balaban J connectivity index is 2.26. The molecule has 0 atom stereocenters. The summed E-state index contributed by atoms with van der Waals surface area (Å²) >= 11 is 0. The van der Waals surface area contributed by atoms with Crippen molar-refractivity contribution in [2.45, 2.75) is 26.2 Å². The smallest absolute Gasteiger partial charge is 0.0998 e. The van der Waals surface area contributed by atoms with Gasteiger partial charge >= 0.3 is 0 Å². The predicted octanol–water partition coefficient (Wildman–Crippen LogP) is 5.68. The molecule has 0 fully saturated rings. The van der Waals surface area contributed by atoms with E-state index in [1.165, 1.54) is 16.3 Å². The third kappa shape index (κ3) is 2.49. The molecule has 0 aliphatic rings. The molecule has 1 heteroatoms. The second kappa shape index (κ2) is 5.31. The highest BCUT2D eigenvalue weighted by Crippen LogP contribution is 2.33. The van der Waals surface area contributed by atoms with Crippen molar-refractivity contribution in [3.63, 3.8) is 0 Å². The predicted molar refractivity (Wildman–Crippen MR) is 92.8 cm³/mol. The molecule has 0 spiro atoms. The van der Waals surface area contributed by atoms with Crippen LogP contribution in [0.4, 0.5) is 0 Å². The fraction of sp³-hybridized carbons (Fsp3) is 0.190. The Kier molecular flexibility index (Phi) is 3.47. The third-order valence-electron chi connectivity index (χ3n) is 4.09. The molecule has 1 nitrogen and oxygen atoms in total. The van der Waals surface area contributed by atoms with Gasteiger partial charge in [-0.1, -0.05) is 75.4 Å². The van der Waals surface area contributed by atoms with E-state index in [-0.39, 0.29) is 5.41 Å². The maximum Gasteiger partial charge on any atom is 0.0998 e. The van der Waals surface area contributed by atoms with E-state index in [4.69, 9.17) is 0 Å². The minimum Gasteiger partial charge on any atom is -0.192 e. The van der Waals surface area contributed by atoms with Gasteiger partial charge in [0.25, 0.3) is 0 Å². The molecular formula is C21H19N. The van der Waals surface area contributed by atoms with Crippen molar-refractivity contribution in [3.05, 3.63) is 71.8 Å². The maximum atomic E-state index is 9.59. The number of nitriles is 1. The van der Waals surface area contributed by atoms with E-state index < -0.39 is 0 Å². The lowest BCUT2D eigenvalue weighted by molar-refractivity contribution is 0.590. The van der Waals surface area contributed by atoms with Crippen LogP contribution in [-0.4, -0.2) is 0 Å². The molecule has 0 N–H and O–H groups in total. The Labute approximate surface area is 131 Å². The molecule has 3 aromatic rings. The van der Waals surface area contributed by atoms with E-state index in [0.29, 0.717) is 0 Å². The Hall–Kier alpha value is -2.59. The first-order valence-corrected chi connectivity index (χ1v) is 7.53. The Morgan fingerprint density at radius 2 is 1.55 bits per heavy atom. The number of fused-ring (bicyclic) bond motifs is 1. The van der Waals surface area contributed by atoms with Gasteiger partial charge in [0.05, 0.1) is 11.6 Å². The van der Waals surface area contributed by atoms with Crippen LogP contribution in [0, 0.1) is 11.3 Å². The minimum atomic E-state index is 0.0445. The molecular weight excluding hydrogens is 266 g/mol. The monoisotopic (exact) mass is 285 g/mol. The number of nitrogens with zero attached hydrogens (tertiary/aromatic N) is 1. The number of hydrogen-bond donors (Lipinski definition) is 0. The van der Waals surface area contributed by atoms with Gasteiger partial charge < -0.3 is 0 Å². The topological polar surface area (TPSA) is 23.8 Å². The standard InChI is InChI=1S/C21H19N/c1-21(2,3)17-11-12-19(16(13-17)14-22)20-10-6-8-15-7-4-5-9-18(15)20/h4-13H,1-3H3. The van der Waals surface area contributed by atoms with Crippen molar-refractivity contribution in [2.75, 3.05) is 0 Å². The van der Waals surface area contributed by atoms with Crippen molar-refractivity contribution < 1.29 is 0 Å². The largest absolute Gasteiger partial charge is 0.192 e. The molecule has 0 amide bonds. The summed E-state index contributed by atoms with van der Waals surface area (Å²) in [5, 5.41) is 12.0. The number of hydrogen-bond acceptors (Lipinski definition) is 1. The van der Waals surface area contributed by atoms with Gasteiger partial charge in [0, 0.05) is 5.56 Å². The van der Waals surface area contributed by atoms with Crippen LogP contribution in [0.2, 0.25) is 0 Å². The molecule has 108 valence electrons. The normalized spacial score (nSPS) is 11.4. The van der Waals surface area contributed by atoms with E-state index in [1.54, 1.807) is 0 Å². The lowest BCUT2D eigenvalue weighted by atomic mass is 9.84. The van der Waals surface area contributed by atoms with Gasteiger partial charge in [-0.15, -0.1) is 0 Å². The van der Waals surface area contributed by atoms with Gasteiger partial charge in [0.2, 0.25) is 0 Å². The summed E-state index contributed by atoms with van der Waals surface area (Å²) in [7, 11) is 0. The van der Waals surface area contributed by atoms with E-state index in [0.717, 1.165) is 16.7 Å². The first-order valence-electron chi connectivity index (χ1n) is 7.53. The van der Waals surface area contributed by atoms with E-state index in [2.05, 4.69) is 69.3 Å². The van der Waals surface area contributed by atoms with Crippen molar-refractivity contribution in [3.8, 4) is 17.2 Å². The molecule has 0 saturated carbocycles. The van der Waals surface area contributed by atoms with Crippen molar-refractivity contribution in [1.29, 1.82) is 5.26 Å². The van der Waals surface area contributed by atoms with Crippen molar-refractivity contribution >= 4 is 10.8 Å². The first-order chi connectivity index (χ1) is 10.5. The Bertz CT molecular complexity index is 871. The lowest BCUT2D eigenvalue weighted by Crippen LogP contribution is -2.11. The van der Waals surface area contributed by atoms with Gasteiger partial charge in [-0.25, -0.2) is 0 Å². The zero-order valence-corrected chi connectivity index (χ0v) is 13.2. The zero-order chi connectivity index (χ0) is 15.7. The fourth-order valence-corrected chi connectivity index (χ4v) is 2.80. The van der Waals surface area contributed by atoms with Crippen LogP contribution in [0.3, 0.4) is 0 Å². The fourth-order valence-electron chi connectivity index (χ4n) is 2.80. The number of benzene rings is 3. The molecule has 0 heterocycles. The van der Waals surface area contributed by atoms with Gasteiger partial charge in [0.15, 0.2) is 0 Å². The van der Waals surface area contributed by atoms with Crippen LogP contribution in [0.15, 0.2) is 60.7 Å². The van der Waals surface area contributed by atoms with Crippen LogP contribution in [0.5, 0.6) is 0 Å². The maximum absolute atomic E-state index is 9.59. The second-order valence-electron chi connectivity index (χ2n) is 6.65. The third-order valence-corrected chi connectivity index (χ3v) is 4.09. The van der Waals surface area contributed by atoms with Crippen LogP contribution < -0.4 is 0 Å². The molecule has 3 aromatic carbocycles. The summed E-state index contributed by atoms with van der Waals surface area (Å²) in [5.41, 5.74) is 4.10. The van der Waals surface area contributed by atoms with Crippen molar-refractivity contribution in [1.82, 2.24) is 0 Å². The van der Waals surface area contributed by atoms with Gasteiger partial charge in [-0.2, -0.15) is 5.26 Å². The van der Waals surface area contributed by atoms with Crippen LogP contribution >= 0.6 is 0 Å². The molecule has 22 heavy (non-hydrogen) atoms. The molecule has 0 radical (unpaired) electrons. The summed E-state index contributed by atoms with van der Waals surface area (Å²) in [6, 6.07) is 23.2. The average molecular weight is 285 g/mol. The van der Waals surface area contributed by atoms with E-state index in [1.807, 2.05) is 18.2 Å². The second-order valence-corrected chi connectivity index (χ2v) is 6.65. The summed E-state index contributed by atoms with van der Waals surface area (Å²) < 4.78 is 0. The lowest BCUT2D eigenvalue weighted by Gasteiger charge is -2.20. The molecule has 0 aliphatic heterocycles. The van der Waals surface area contributed by atoms with E-state index in [9.17, 15) is 5.26 Å². The zero-order valence-electron chi connectivity index (χ0n) is 13.2. The quantitative estimate of drug-likeness (QED) is 0.564. The number of rotatable bonds is 1. The highest BCUT2D eigenvalue weighted by atomic mass is 14.3. The SMILES string of the molecule is CC(C)(C)c1ccc(-c2cccc3ccccc23)c(C#N)c1. The molecule has 0 unspecified atom stereocenters. The van der Waals surface area contributed by atoms with Crippen molar-refractivity contribution in [2.24, 2.45) is 0 Å². The minimum absolute atomic E-state index is 0.0445. The van der Waals surface area contributed by atoms with Gasteiger partial charge in [-0.05, 0) is 33.4 Å². The first kappa shape index (κ1) is 14.4. The molecule has 0 saturated heterocycles. The summed E-state index contributed by atoms with van der Waals surface area (Å²) in [5.74, 6) is 0. The highest BCUT2D eigenvalue weighted by Gasteiger charge is 2.16. The summed E-state index contributed by atoms with van der Waals surface area (Å²) in [4.78, 5) is 0. The average Bonchev–Trinajstić information content (AvgIpc) is 2.53. The summed E-state index contributed by atoms with van der Waals surface area (Å²) in [6.07, 6.45) is 0. The molecule has 0 aromatic heterocycles. The van der Waals surface area contributed by atoms with Crippen LogP contribution in [0.25, 0.3) is 21.9 Å².